The van der Waals surface area contributed by atoms with Gasteiger partial charge in [0.05, 0.1) is 18.3 Å². The number of anilines is 1. The zero-order valence-corrected chi connectivity index (χ0v) is 13.6. The molecule has 2 aromatic carbocycles. The Balaban J connectivity index is 1.92. The smallest absolute Gasteiger partial charge is 0.319 e. The number of urea groups is 1. The molecule has 21 heavy (non-hydrogen) atoms. The fourth-order valence-corrected chi connectivity index (χ4v) is 2.49. The maximum absolute atomic E-state index is 12.0. The Labute approximate surface area is 137 Å². The van der Waals surface area contributed by atoms with Gasteiger partial charge in [0.1, 0.15) is 0 Å². The molecule has 0 fully saturated rings. The average Bonchev–Trinajstić information content (AvgIpc) is 2.50. The Kier molecular flexibility index (Phi) is 6.01. The third kappa shape index (κ3) is 5.02. The van der Waals surface area contributed by atoms with Crippen molar-refractivity contribution in [3.05, 3.63) is 63.7 Å². The molecule has 2 aromatic rings. The molecule has 2 amide bonds. The topological polar surface area (TPSA) is 61.4 Å². The van der Waals surface area contributed by atoms with E-state index in [1.165, 1.54) is 0 Å². The van der Waals surface area contributed by atoms with Gasteiger partial charge < -0.3 is 15.7 Å². The lowest BCUT2D eigenvalue weighted by Crippen LogP contribution is -2.41. The third-order valence-corrected chi connectivity index (χ3v) is 3.94. The minimum absolute atomic E-state index is 0.103. The summed E-state index contributed by atoms with van der Waals surface area (Å²) >= 11 is 2.16. The van der Waals surface area contributed by atoms with E-state index in [1.807, 2.05) is 54.6 Å². The molecule has 0 aromatic heterocycles. The Morgan fingerprint density at radius 1 is 1.10 bits per heavy atom. The molecule has 5 heteroatoms. The molecule has 1 unspecified atom stereocenters. The van der Waals surface area contributed by atoms with Gasteiger partial charge in [-0.1, -0.05) is 42.5 Å². The molecule has 0 radical (unpaired) electrons. The first kappa shape index (κ1) is 15.8. The summed E-state index contributed by atoms with van der Waals surface area (Å²) in [5, 5.41) is 15.0. The van der Waals surface area contributed by atoms with Gasteiger partial charge in [0.2, 0.25) is 0 Å². The van der Waals surface area contributed by atoms with Crippen LogP contribution in [0.2, 0.25) is 0 Å². The number of nitrogens with one attached hydrogen (secondary N) is 2. The number of hydrogen-bond donors (Lipinski definition) is 3. The second kappa shape index (κ2) is 7.99. The lowest BCUT2D eigenvalue weighted by molar-refractivity contribution is 0.224. The summed E-state index contributed by atoms with van der Waals surface area (Å²) in [6, 6.07) is 16.7. The highest BCUT2D eigenvalue weighted by Crippen LogP contribution is 2.16. The Bertz CT molecular complexity index is 590. The van der Waals surface area contributed by atoms with E-state index in [-0.39, 0.29) is 18.7 Å². The van der Waals surface area contributed by atoms with Crippen LogP contribution in [0.25, 0.3) is 0 Å². The van der Waals surface area contributed by atoms with E-state index < -0.39 is 0 Å². The maximum Gasteiger partial charge on any atom is 0.319 e. The molecule has 0 spiro atoms. The highest BCUT2D eigenvalue weighted by Gasteiger charge is 2.12. The van der Waals surface area contributed by atoms with Gasteiger partial charge in [-0.25, -0.2) is 4.79 Å². The fraction of sp³-hybridized carbons (Fsp3) is 0.188. The van der Waals surface area contributed by atoms with Crippen molar-refractivity contribution in [2.45, 2.75) is 12.5 Å². The Morgan fingerprint density at radius 2 is 1.76 bits per heavy atom. The zero-order chi connectivity index (χ0) is 15.1. The fourth-order valence-electron chi connectivity index (χ4n) is 1.97. The number of benzene rings is 2. The van der Waals surface area contributed by atoms with Crippen LogP contribution in [0.3, 0.4) is 0 Å². The molecule has 0 aliphatic carbocycles. The van der Waals surface area contributed by atoms with Crippen molar-refractivity contribution in [3.8, 4) is 0 Å². The summed E-state index contributed by atoms with van der Waals surface area (Å²) in [6.45, 7) is -0.103. The van der Waals surface area contributed by atoms with Gasteiger partial charge in [-0.3, -0.25) is 0 Å². The van der Waals surface area contributed by atoms with Crippen molar-refractivity contribution in [3.63, 3.8) is 0 Å². The van der Waals surface area contributed by atoms with Crippen LogP contribution in [-0.2, 0) is 6.42 Å². The summed E-state index contributed by atoms with van der Waals surface area (Å²) in [4.78, 5) is 12.0. The van der Waals surface area contributed by atoms with Crippen LogP contribution in [0.5, 0.6) is 0 Å². The van der Waals surface area contributed by atoms with Gasteiger partial charge in [0.15, 0.2) is 0 Å². The molecule has 0 heterocycles. The molecule has 2 rings (SSSR count). The van der Waals surface area contributed by atoms with Crippen molar-refractivity contribution in [1.29, 1.82) is 0 Å². The number of para-hydroxylation sites is 1. The van der Waals surface area contributed by atoms with E-state index in [2.05, 4.69) is 33.2 Å². The number of hydrogen-bond acceptors (Lipinski definition) is 2. The van der Waals surface area contributed by atoms with Crippen molar-refractivity contribution >= 4 is 34.3 Å². The van der Waals surface area contributed by atoms with Crippen LogP contribution in [0.4, 0.5) is 10.5 Å². The van der Waals surface area contributed by atoms with Crippen LogP contribution in [-0.4, -0.2) is 23.8 Å². The summed E-state index contributed by atoms with van der Waals surface area (Å²) in [7, 11) is 0. The molecule has 110 valence electrons. The summed E-state index contributed by atoms with van der Waals surface area (Å²) in [5.41, 5.74) is 1.83. The minimum Gasteiger partial charge on any atom is -0.394 e. The Morgan fingerprint density at radius 3 is 2.43 bits per heavy atom. The van der Waals surface area contributed by atoms with Gasteiger partial charge in [-0.05, 0) is 46.7 Å². The molecule has 0 aliphatic heterocycles. The second-order valence-electron chi connectivity index (χ2n) is 4.65. The highest BCUT2D eigenvalue weighted by molar-refractivity contribution is 14.1. The first-order valence-corrected chi connectivity index (χ1v) is 7.73. The van der Waals surface area contributed by atoms with Crippen molar-refractivity contribution in [1.82, 2.24) is 5.32 Å². The predicted octanol–water partition coefficient (Wildman–Crippen LogP) is 3.02. The predicted molar refractivity (Wildman–Crippen MR) is 92.3 cm³/mol. The van der Waals surface area contributed by atoms with Crippen LogP contribution >= 0.6 is 22.6 Å². The Hall–Kier alpha value is -1.60. The van der Waals surface area contributed by atoms with Crippen molar-refractivity contribution in [2.24, 2.45) is 0 Å². The SMILES string of the molecule is O=C(Nc1ccccc1I)NC(CO)Cc1ccccc1. The normalized spacial score (nSPS) is 11.7. The van der Waals surface area contributed by atoms with E-state index in [9.17, 15) is 9.90 Å². The van der Waals surface area contributed by atoms with Crippen LogP contribution < -0.4 is 10.6 Å². The number of amides is 2. The van der Waals surface area contributed by atoms with Crippen LogP contribution in [0, 0.1) is 3.57 Å². The molecule has 0 bridgehead atoms. The minimum atomic E-state index is -0.311. The largest absolute Gasteiger partial charge is 0.394 e. The molecule has 0 saturated carbocycles. The number of carbonyl (C=O) groups is 1. The molecular weight excluding hydrogens is 379 g/mol. The van der Waals surface area contributed by atoms with E-state index in [0.29, 0.717) is 6.42 Å². The number of aliphatic hydroxyl groups excluding tert-OH is 1. The second-order valence-corrected chi connectivity index (χ2v) is 5.81. The van der Waals surface area contributed by atoms with E-state index in [0.717, 1.165) is 14.8 Å². The van der Waals surface area contributed by atoms with Crippen LogP contribution in [0.1, 0.15) is 5.56 Å². The first-order chi connectivity index (χ1) is 10.2. The third-order valence-electron chi connectivity index (χ3n) is 3.00. The van der Waals surface area contributed by atoms with E-state index in [4.69, 9.17) is 0 Å². The van der Waals surface area contributed by atoms with Gasteiger partial charge in [-0.15, -0.1) is 0 Å². The quantitative estimate of drug-likeness (QED) is 0.681. The number of rotatable bonds is 5. The van der Waals surface area contributed by atoms with Crippen molar-refractivity contribution < 1.29 is 9.90 Å². The highest BCUT2D eigenvalue weighted by atomic mass is 127. The summed E-state index contributed by atoms with van der Waals surface area (Å²) in [5.74, 6) is 0. The van der Waals surface area contributed by atoms with Gasteiger partial charge >= 0.3 is 6.03 Å². The lowest BCUT2D eigenvalue weighted by Gasteiger charge is -2.17. The zero-order valence-electron chi connectivity index (χ0n) is 11.4. The number of carbonyl (C=O) groups excluding carboxylic acids is 1. The summed E-state index contributed by atoms with van der Waals surface area (Å²) < 4.78 is 0.967. The molecule has 0 saturated heterocycles. The average molecular weight is 396 g/mol. The summed E-state index contributed by atoms with van der Waals surface area (Å²) in [6.07, 6.45) is 0.594. The van der Waals surface area contributed by atoms with Gasteiger partial charge in [0.25, 0.3) is 0 Å². The molecule has 1 atom stereocenters. The first-order valence-electron chi connectivity index (χ1n) is 6.66. The maximum atomic E-state index is 12.0. The monoisotopic (exact) mass is 396 g/mol. The van der Waals surface area contributed by atoms with E-state index >= 15 is 0 Å². The molecule has 3 N–H and O–H groups in total. The lowest BCUT2D eigenvalue weighted by atomic mass is 10.1. The number of halogens is 1. The van der Waals surface area contributed by atoms with E-state index in [1.54, 1.807) is 0 Å². The standard InChI is InChI=1S/C16H17IN2O2/c17-14-8-4-5-9-15(14)19-16(21)18-13(11-20)10-12-6-2-1-3-7-12/h1-9,13,20H,10-11H2,(H2,18,19,21). The van der Waals surface area contributed by atoms with Crippen molar-refractivity contribution in [2.75, 3.05) is 11.9 Å². The number of aliphatic hydroxyl groups is 1. The molecule has 4 nitrogen and oxygen atoms in total. The molecular formula is C16H17IN2O2. The van der Waals surface area contributed by atoms with Gasteiger partial charge in [0, 0.05) is 3.57 Å². The van der Waals surface area contributed by atoms with Crippen LogP contribution in [0.15, 0.2) is 54.6 Å². The van der Waals surface area contributed by atoms with Gasteiger partial charge in [-0.2, -0.15) is 0 Å². The molecule has 0 aliphatic rings.